The maximum atomic E-state index is 14.0. The molecule has 1 atom stereocenters. The lowest BCUT2D eigenvalue weighted by molar-refractivity contribution is -0.151. The van der Waals surface area contributed by atoms with E-state index in [4.69, 9.17) is 9.47 Å². The number of amides is 2. The number of rotatable bonds is 15. The van der Waals surface area contributed by atoms with Crippen LogP contribution >= 0.6 is 0 Å². The molecule has 1 aliphatic carbocycles. The van der Waals surface area contributed by atoms with Gasteiger partial charge in [-0.2, -0.15) is 0 Å². The van der Waals surface area contributed by atoms with E-state index in [-0.39, 0.29) is 44.9 Å². The molecule has 0 heterocycles. The van der Waals surface area contributed by atoms with Crippen LogP contribution < -0.4 is 10.6 Å². The van der Waals surface area contributed by atoms with Gasteiger partial charge in [-0.1, -0.05) is 128 Å². The second kappa shape index (κ2) is 17.1. The van der Waals surface area contributed by atoms with Gasteiger partial charge in [0, 0.05) is 13.0 Å². The summed E-state index contributed by atoms with van der Waals surface area (Å²) in [4.78, 5) is 52.8. The number of ether oxygens (including phenoxy) is 2. The molecule has 0 unspecified atom stereocenters. The van der Waals surface area contributed by atoms with Gasteiger partial charge in [0.15, 0.2) is 0 Å². The second-order valence-corrected chi connectivity index (χ2v) is 12.3. The highest BCUT2D eigenvalue weighted by atomic mass is 16.5. The number of benzene rings is 4. The van der Waals surface area contributed by atoms with Crippen LogP contribution in [-0.2, 0) is 48.3 Å². The number of carbonyl (C=O) groups excluding carboxylic acids is 4. The Morgan fingerprint density at radius 2 is 1.15 bits per heavy atom. The van der Waals surface area contributed by atoms with Crippen LogP contribution in [0.4, 0.5) is 0 Å². The Morgan fingerprint density at radius 1 is 0.625 bits per heavy atom. The van der Waals surface area contributed by atoms with E-state index in [1.54, 1.807) is 0 Å². The molecule has 0 aliphatic heterocycles. The summed E-state index contributed by atoms with van der Waals surface area (Å²) in [5.41, 5.74) is 3.77. The topological polar surface area (TPSA) is 111 Å². The lowest BCUT2D eigenvalue weighted by Gasteiger charge is -2.29. The summed E-state index contributed by atoms with van der Waals surface area (Å²) < 4.78 is 10.9. The zero-order valence-electron chi connectivity index (χ0n) is 27.1. The maximum Gasteiger partial charge on any atom is 0.307 e. The molecule has 0 saturated heterocycles. The van der Waals surface area contributed by atoms with Crippen LogP contribution in [0.2, 0.25) is 0 Å². The minimum atomic E-state index is -0.954. The van der Waals surface area contributed by atoms with E-state index < -0.39 is 29.3 Å². The number of hydrogen-bond donors (Lipinski definition) is 2. The van der Waals surface area contributed by atoms with E-state index in [0.29, 0.717) is 12.8 Å². The normalized spacial score (nSPS) is 14.0. The fraction of sp³-hybridized carbons (Fsp3) is 0.300. The van der Waals surface area contributed by atoms with Crippen molar-refractivity contribution in [1.82, 2.24) is 10.6 Å². The average molecular weight is 647 g/mol. The first-order chi connectivity index (χ1) is 23.4. The first-order valence-electron chi connectivity index (χ1n) is 16.5. The van der Waals surface area contributed by atoms with Crippen molar-refractivity contribution in [2.24, 2.45) is 5.41 Å². The Bertz CT molecular complexity index is 1640. The maximum absolute atomic E-state index is 14.0. The standard InChI is InChI=1S/C40H42N2O6/c43-36(47-28-31-12-4-1-5-13-31)22-25-41-38(45)35(26-30-18-20-34(21-19-30)33-16-8-3-9-17-33)42-39(46)40(23-10-11-24-40)27-37(44)48-29-32-14-6-2-7-15-32/h1-9,12-21,35H,10-11,22-29H2,(H,41,45)(H,42,46)/t35-/m0/s1. The van der Waals surface area contributed by atoms with Gasteiger partial charge >= 0.3 is 11.9 Å². The SMILES string of the molecule is O=C(CCNC(=O)[C@H](Cc1ccc(-c2ccccc2)cc1)NC(=O)C1(CC(=O)OCc2ccccc2)CCCC1)OCc1ccccc1. The highest BCUT2D eigenvalue weighted by molar-refractivity contribution is 5.92. The molecule has 8 nitrogen and oxygen atoms in total. The van der Waals surface area contributed by atoms with E-state index in [0.717, 1.165) is 40.7 Å². The largest absolute Gasteiger partial charge is 0.461 e. The van der Waals surface area contributed by atoms with Crippen LogP contribution in [-0.4, -0.2) is 36.3 Å². The molecule has 4 aromatic rings. The molecule has 0 spiro atoms. The molecule has 0 bridgehead atoms. The van der Waals surface area contributed by atoms with Crippen LogP contribution in [0.5, 0.6) is 0 Å². The Kier molecular flexibility index (Phi) is 12.1. The molecule has 2 N–H and O–H groups in total. The summed E-state index contributed by atoms with van der Waals surface area (Å²) in [5, 5.41) is 5.79. The summed E-state index contributed by atoms with van der Waals surface area (Å²) in [7, 11) is 0. The van der Waals surface area contributed by atoms with Crippen molar-refractivity contribution in [1.29, 1.82) is 0 Å². The summed E-state index contributed by atoms with van der Waals surface area (Å²) >= 11 is 0. The van der Waals surface area contributed by atoms with Crippen molar-refractivity contribution in [3.05, 3.63) is 132 Å². The number of nitrogens with one attached hydrogen (secondary N) is 2. The molecule has 0 radical (unpaired) electrons. The summed E-state index contributed by atoms with van der Waals surface area (Å²) in [6.07, 6.45) is 2.85. The zero-order valence-corrected chi connectivity index (χ0v) is 27.1. The molecule has 2 amide bonds. The fourth-order valence-electron chi connectivity index (χ4n) is 6.04. The van der Waals surface area contributed by atoms with E-state index in [9.17, 15) is 19.2 Å². The van der Waals surface area contributed by atoms with Crippen LogP contribution in [0.1, 0.15) is 55.2 Å². The average Bonchev–Trinajstić information content (AvgIpc) is 3.60. The summed E-state index contributed by atoms with van der Waals surface area (Å²) in [5.74, 6) is -1.62. The van der Waals surface area contributed by atoms with E-state index in [2.05, 4.69) is 10.6 Å². The van der Waals surface area contributed by atoms with E-state index >= 15 is 0 Å². The van der Waals surface area contributed by atoms with Gasteiger partial charge in [0.05, 0.1) is 18.3 Å². The lowest BCUT2D eigenvalue weighted by atomic mass is 9.81. The van der Waals surface area contributed by atoms with Crippen molar-refractivity contribution in [3.8, 4) is 11.1 Å². The van der Waals surface area contributed by atoms with Crippen molar-refractivity contribution in [2.45, 2.75) is 64.2 Å². The molecule has 1 saturated carbocycles. The van der Waals surface area contributed by atoms with Crippen molar-refractivity contribution >= 4 is 23.8 Å². The van der Waals surface area contributed by atoms with Gasteiger partial charge in [0.2, 0.25) is 11.8 Å². The minimum Gasteiger partial charge on any atom is -0.461 e. The zero-order chi connectivity index (χ0) is 33.6. The van der Waals surface area contributed by atoms with Crippen LogP contribution in [0.25, 0.3) is 11.1 Å². The smallest absolute Gasteiger partial charge is 0.307 e. The molecular weight excluding hydrogens is 604 g/mol. The number of hydrogen-bond acceptors (Lipinski definition) is 6. The number of esters is 2. The molecule has 0 aromatic heterocycles. The molecule has 248 valence electrons. The summed E-state index contributed by atoms with van der Waals surface area (Å²) in [6.45, 7) is 0.346. The first kappa shape index (κ1) is 34.1. The summed E-state index contributed by atoms with van der Waals surface area (Å²) in [6, 6.07) is 35.7. The Labute approximate surface area is 281 Å². The highest BCUT2D eigenvalue weighted by Gasteiger charge is 2.44. The van der Waals surface area contributed by atoms with E-state index in [1.165, 1.54) is 0 Å². The number of carbonyl (C=O) groups is 4. The van der Waals surface area contributed by atoms with Gasteiger partial charge in [-0.25, -0.2) is 0 Å². The van der Waals surface area contributed by atoms with Gasteiger partial charge in [-0.15, -0.1) is 0 Å². The van der Waals surface area contributed by atoms with Gasteiger partial charge in [-0.3, -0.25) is 19.2 Å². The Morgan fingerprint density at radius 3 is 1.73 bits per heavy atom. The predicted molar refractivity (Wildman–Crippen MR) is 183 cm³/mol. The van der Waals surface area contributed by atoms with Gasteiger partial charge < -0.3 is 20.1 Å². The first-order valence-corrected chi connectivity index (χ1v) is 16.5. The van der Waals surface area contributed by atoms with Crippen molar-refractivity contribution in [2.75, 3.05) is 6.54 Å². The molecule has 1 aliphatic rings. The molecule has 1 fully saturated rings. The van der Waals surface area contributed by atoms with Crippen LogP contribution in [0, 0.1) is 5.41 Å². The molecule has 4 aromatic carbocycles. The highest BCUT2D eigenvalue weighted by Crippen LogP contribution is 2.42. The van der Waals surface area contributed by atoms with Gasteiger partial charge in [-0.05, 0) is 40.7 Å². The monoisotopic (exact) mass is 646 g/mol. The molecule has 5 rings (SSSR count). The third-order valence-electron chi connectivity index (χ3n) is 8.76. The lowest BCUT2D eigenvalue weighted by Crippen LogP contribution is -2.52. The quantitative estimate of drug-likeness (QED) is 0.146. The van der Waals surface area contributed by atoms with Crippen LogP contribution in [0.15, 0.2) is 115 Å². The minimum absolute atomic E-state index is 0.0117. The van der Waals surface area contributed by atoms with Crippen molar-refractivity contribution < 1.29 is 28.7 Å². The predicted octanol–water partition coefficient (Wildman–Crippen LogP) is 6.32. The third-order valence-corrected chi connectivity index (χ3v) is 8.76. The van der Waals surface area contributed by atoms with Gasteiger partial charge in [0.25, 0.3) is 0 Å². The van der Waals surface area contributed by atoms with Crippen molar-refractivity contribution in [3.63, 3.8) is 0 Å². The Balaban J connectivity index is 1.23. The molecular formula is C40H42N2O6. The van der Waals surface area contributed by atoms with Gasteiger partial charge in [0.1, 0.15) is 19.3 Å². The second-order valence-electron chi connectivity index (χ2n) is 12.3. The van der Waals surface area contributed by atoms with E-state index in [1.807, 2.05) is 115 Å². The third kappa shape index (κ3) is 9.88. The molecule has 48 heavy (non-hydrogen) atoms. The Hall–Kier alpha value is -5.24. The fourth-order valence-corrected chi connectivity index (χ4v) is 6.04. The van der Waals surface area contributed by atoms with Crippen LogP contribution in [0.3, 0.4) is 0 Å². The molecule has 8 heteroatoms.